The van der Waals surface area contributed by atoms with Crippen LogP contribution in [0.4, 0.5) is 30.7 Å². The number of H-pyrrole nitrogens is 1. The normalized spacial score (nSPS) is 12.8. The summed E-state index contributed by atoms with van der Waals surface area (Å²) in [7, 11) is 0. The van der Waals surface area contributed by atoms with Crippen LogP contribution in [0.3, 0.4) is 0 Å². The molecule has 1 heterocycles. The predicted octanol–water partition coefficient (Wildman–Crippen LogP) is 5.93. The van der Waals surface area contributed by atoms with Crippen LogP contribution in [-0.2, 0) is 6.42 Å². The van der Waals surface area contributed by atoms with E-state index in [9.17, 15) is 30.7 Å². The van der Waals surface area contributed by atoms with E-state index in [-0.39, 0.29) is 36.3 Å². The molecule has 0 aliphatic carbocycles. The van der Waals surface area contributed by atoms with Crippen molar-refractivity contribution in [3.63, 3.8) is 0 Å². The molecule has 0 aliphatic rings. The third-order valence-corrected chi connectivity index (χ3v) is 4.72. The largest absolute Gasteiger partial charge is 0.446 e. The number of aromatic nitrogens is 1. The molecule has 0 saturated carbocycles. The Morgan fingerprint density at radius 2 is 1.59 bits per heavy atom. The maximum atomic E-state index is 12.5. The summed E-state index contributed by atoms with van der Waals surface area (Å²) in [5, 5.41) is 0.604. The number of hydrogen-bond donors (Lipinski definition) is 1. The van der Waals surface area contributed by atoms with Crippen LogP contribution in [0.15, 0.2) is 29.3 Å². The molecule has 1 N–H and O–H groups in total. The van der Waals surface area contributed by atoms with Gasteiger partial charge in [0, 0.05) is 54.5 Å². The van der Waals surface area contributed by atoms with Crippen molar-refractivity contribution in [2.24, 2.45) is 0 Å². The van der Waals surface area contributed by atoms with Crippen molar-refractivity contribution in [1.29, 1.82) is 0 Å². The van der Waals surface area contributed by atoms with Gasteiger partial charge in [0.15, 0.2) is 0 Å². The first kappa shape index (κ1) is 21.9. The van der Waals surface area contributed by atoms with Gasteiger partial charge in [-0.2, -0.15) is 13.2 Å². The molecule has 152 valence electrons. The minimum Gasteiger partial charge on any atom is -0.361 e. The second kappa shape index (κ2) is 9.68. The first-order valence-electron chi connectivity index (χ1n) is 8.28. The van der Waals surface area contributed by atoms with Crippen molar-refractivity contribution in [3.8, 4) is 0 Å². The third kappa shape index (κ3) is 7.61. The number of rotatable bonds is 10. The molecule has 0 radical (unpaired) electrons. The summed E-state index contributed by atoms with van der Waals surface area (Å²) in [6.07, 6.45) is -3.87. The number of halogens is 7. The molecule has 2 rings (SSSR count). The molecule has 10 heteroatoms. The topological polar surface area (TPSA) is 19.0 Å². The fraction of sp³-hybridized carbons (Fsp3) is 0.529. The first-order chi connectivity index (χ1) is 12.6. The Bertz CT molecular complexity index is 703. The minimum atomic E-state index is -4.40. The highest BCUT2D eigenvalue weighted by molar-refractivity contribution is 8.00. The smallest absolute Gasteiger partial charge is 0.361 e. The summed E-state index contributed by atoms with van der Waals surface area (Å²) in [4.78, 5) is 4.53. The SMILES string of the molecule is FC(F)CCN(CCc1c[nH]c2ccc(SC(F)(F)F)cc12)CCC(F)F. The number of thioether (sulfide) groups is 1. The molecule has 2 aromatic rings. The highest BCUT2D eigenvalue weighted by Gasteiger charge is 2.29. The van der Waals surface area contributed by atoms with Crippen LogP contribution in [0.1, 0.15) is 18.4 Å². The number of hydrogen-bond acceptors (Lipinski definition) is 2. The zero-order valence-corrected chi connectivity index (χ0v) is 15.0. The Balaban J connectivity index is 2.06. The average Bonchev–Trinajstić information content (AvgIpc) is 2.94. The van der Waals surface area contributed by atoms with Crippen molar-refractivity contribution in [1.82, 2.24) is 9.88 Å². The van der Waals surface area contributed by atoms with Crippen LogP contribution in [-0.4, -0.2) is 47.9 Å². The van der Waals surface area contributed by atoms with Gasteiger partial charge in [-0.15, -0.1) is 0 Å². The van der Waals surface area contributed by atoms with E-state index in [1.807, 2.05) is 0 Å². The second-order valence-electron chi connectivity index (χ2n) is 6.02. The van der Waals surface area contributed by atoms with E-state index in [1.54, 1.807) is 6.20 Å². The molecular weight excluding hydrogens is 397 g/mol. The zero-order valence-electron chi connectivity index (χ0n) is 14.2. The van der Waals surface area contributed by atoms with Crippen molar-refractivity contribution >= 4 is 22.7 Å². The molecule has 0 saturated heterocycles. The molecule has 0 aliphatic heterocycles. The maximum absolute atomic E-state index is 12.5. The number of alkyl halides is 7. The van der Waals surface area contributed by atoms with Gasteiger partial charge in [0.2, 0.25) is 12.9 Å². The van der Waals surface area contributed by atoms with Gasteiger partial charge < -0.3 is 9.88 Å². The maximum Gasteiger partial charge on any atom is 0.446 e. The standard InChI is InChI=1S/C17H19F7N2S/c18-15(19)4-7-26(8-5-16(20)21)6-3-11-10-25-14-2-1-12(9-13(11)14)27-17(22,23)24/h1-2,9-10,15-16,25H,3-8H2. The van der Waals surface area contributed by atoms with E-state index < -0.39 is 31.2 Å². The Morgan fingerprint density at radius 3 is 2.15 bits per heavy atom. The minimum absolute atomic E-state index is 0.0120. The van der Waals surface area contributed by atoms with Crippen LogP contribution in [0, 0.1) is 0 Å². The Hall–Kier alpha value is -1.42. The lowest BCUT2D eigenvalue weighted by atomic mass is 10.1. The highest BCUT2D eigenvalue weighted by atomic mass is 32.2. The van der Waals surface area contributed by atoms with Gasteiger partial charge in [0.1, 0.15) is 0 Å². The molecule has 1 aromatic heterocycles. The first-order valence-corrected chi connectivity index (χ1v) is 9.10. The monoisotopic (exact) mass is 416 g/mol. The molecule has 27 heavy (non-hydrogen) atoms. The van der Waals surface area contributed by atoms with E-state index in [0.717, 1.165) is 0 Å². The number of nitrogens with one attached hydrogen (secondary N) is 1. The summed E-state index contributed by atoms with van der Waals surface area (Å²) in [6.45, 7) is 0.243. The molecule has 0 unspecified atom stereocenters. The van der Waals surface area contributed by atoms with Gasteiger partial charge in [0.25, 0.3) is 0 Å². The average molecular weight is 416 g/mol. The van der Waals surface area contributed by atoms with Crippen molar-refractivity contribution in [2.45, 2.75) is 42.5 Å². The summed E-state index contributed by atoms with van der Waals surface area (Å²) in [6, 6.07) is 4.32. The zero-order chi connectivity index (χ0) is 20.0. The van der Waals surface area contributed by atoms with E-state index in [1.165, 1.54) is 23.1 Å². The lowest BCUT2D eigenvalue weighted by Gasteiger charge is -2.22. The van der Waals surface area contributed by atoms with Gasteiger partial charge in [-0.3, -0.25) is 0 Å². The molecule has 0 bridgehead atoms. The fourth-order valence-corrected chi connectivity index (χ4v) is 3.32. The molecular formula is C17H19F7N2S. The second-order valence-corrected chi connectivity index (χ2v) is 7.16. The Kier molecular flexibility index (Phi) is 7.84. The Morgan fingerprint density at radius 1 is 0.963 bits per heavy atom. The summed E-state index contributed by atoms with van der Waals surface area (Å²) in [5.41, 5.74) is -3.03. The lowest BCUT2D eigenvalue weighted by molar-refractivity contribution is -0.0328. The van der Waals surface area contributed by atoms with Gasteiger partial charge >= 0.3 is 5.51 Å². The van der Waals surface area contributed by atoms with Crippen LogP contribution in [0.5, 0.6) is 0 Å². The number of benzene rings is 1. The van der Waals surface area contributed by atoms with Crippen molar-refractivity contribution in [3.05, 3.63) is 30.0 Å². The molecule has 2 nitrogen and oxygen atoms in total. The number of aromatic amines is 1. The number of fused-ring (bicyclic) bond motifs is 1. The van der Waals surface area contributed by atoms with E-state index >= 15 is 0 Å². The molecule has 0 spiro atoms. The summed E-state index contributed by atoms with van der Waals surface area (Å²) >= 11 is -0.216. The van der Waals surface area contributed by atoms with Crippen LogP contribution < -0.4 is 0 Å². The number of nitrogens with zero attached hydrogens (tertiary/aromatic N) is 1. The van der Waals surface area contributed by atoms with Gasteiger partial charge in [-0.25, -0.2) is 17.6 Å². The van der Waals surface area contributed by atoms with Crippen molar-refractivity contribution < 1.29 is 30.7 Å². The quantitative estimate of drug-likeness (QED) is 0.382. The summed E-state index contributed by atoms with van der Waals surface area (Å²) in [5.74, 6) is 0. The molecule has 0 fully saturated rings. The van der Waals surface area contributed by atoms with Gasteiger partial charge in [0.05, 0.1) is 0 Å². The fourth-order valence-electron chi connectivity index (χ4n) is 2.74. The molecule has 1 aromatic carbocycles. The molecule has 0 atom stereocenters. The predicted molar refractivity (Wildman–Crippen MR) is 91.6 cm³/mol. The van der Waals surface area contributed by atoms with E-state index in [0.29, 0.717) is 22.9 Å². The van der Waals surface area contributed by atoms with Crippen LogP contribution >= 0.6 is 11.8 Å². The van der Waals surface area contributed by atoms with Gasteiger partial charge in [-0.1, -0.05) is 0 Å². The van der Waals surface area contributed by atoms with Crippen molar-refractivity contribution in [2.75, 3.05) is 19.6 Å². The molecule has 0 amide bonds. The van der Waals surface area contributed by atoms with E-state index in [4.69, 9.17) is 0 Å². The Labute approximate surface area is 156 Å². The third-order valence-electron chi connectivity index (χ3n) is 4.00. The lowest BCUT2D eigenvalue weighted by Crippen LogP contribution is -2.30. The van der Waals surface area contributed by atoms with Crippen LogP contribution in [0.2, 0.25) is 0 Å². The van der Waals surface area contributed by atoms with Gasteiger partial charge in [-0.05, 0) is 41.9 Å². The van der Waals surface area contributed by atoms with E-state index in [2.05, 4.69) is 4.98 Å². The highest BCUT2D eigenvalue weighted by Crippen LogP contribution is 2.38. The summed E-state index contributed by atoms with van der Waals surface area (Å²) < 4.78 is 87.3. The van der Waals surface area contributed by atoms with Crippen LogP contribution in [0.25, 0.3) is 10.9 Å².